The van der Waals surface area contributed by atoms with Crippen molar-refractivity contribution in [1.82, 2.24) is 4.98 Å². The van der Waals surface area contributed by atoms with Crippen molar-refractivity contribution in [2.24, 2.45) is 0 Å². The van der Waals surface area contributed by atoms with Gasteiger partial charge in [0.1, 0.15) is 6.61 Å². The van der Waals surface area contributed by atoms with Crippen LogP contribution in [0.2, 0.25) is 0 Å². The van der Waals surface area contributed by atoms with Crippen LogP contribution in [0.5, 0.6) is 0 Å². The van der Waals surface area contributed by atoms with E-state index in [4.69, 9.17) is 5.11 Å². The number of hydrogen-bond donors (Lipinski definition) is 2. The minimum atomic E-state index is -0.194. The molecule has 0 radical (unpaired) electrons. The number of pyridine rings is 1. The van der Waals surface area contributed by atoms with E-state index < -0.39 is 0 Å². The molecule has 0 spiro atoms. The lowest BCUT2D eigenvalue weighted by molar-refractivity contribution is 0.102. The van der Waals surface area contributed by atoms with Crippen LogP contribution in [-0.4, -0.2) is 22.6 Å². The first-order valence-electron chi connectivity index (χ1n) is 5.60. The molecule has 0 fully saturated rings. The standard InChI is InChI=1S/C14H12N2O2S/c1-10-5-12(8-15-7-10)16-14(18)11-6-13(19-9-11)3-2-4-17/h5-9,17H,4H2,1H3,(H,16,18). The van der Waals surface area contributed by atoms with E-state index in [1.54, 1.807) is 23.8 Å². The van der Waals surface area contributed by atoms with E-state index >= 15 is 0 Å². The monoisotopic (exact) mass is 272 g/mol. The van der Waals surface area contributed by atoms with Gasteiger partial charge in [0.2, 0.25) is 0 Å². The molecule has 0 atom stereocenters. The number of nitrogens with zero attached hydrogens (tertiary/aromatic N) is 1. The number of aliphatic hydroxyl groups is 1. The highest BCUT2D eigenvalue weighted by molar-refractivity contribution is 7.10. The fourth-order valence-corrected chi connectivity index (χ4v) is 2.23. The molecule has 0 unspecified atom stereocenters. The second kappa shape index (κ2) is 6.14. The van der Waals surface area contributed by atoms with Crippen molar-refractivity contribution in [1.29, 1.82) is 0 Å². The largest absolute Gasteiger partial charge is 0.384 e. The topological polar surface area (TPSA) is 62.2 Å². The molecule has 4 nitrogen and oxygen atoms in total. The Kier molecular flexibility index (Phi) is 4.29. The SMILES string of the molecule is Cc1cncc(NC(=O)c2csc(C#CCO)c2)c1. The number of aliphatic hydroxyl groups excluding tert-OH is 1. The van der Waals surface area contributed by atoms with Crippen LogP contribution < -0.4 is 5.32 Å². The van der Waals surface area contributed by atoms with Crippen molar-refractivity contribution in [3.8, 4) is 11.8 Å². The predicted octanol–water partition coefficient (Wildman–Crippen LogP) is 2.05. The van der Waals surface area contributed by atoms with Crippen molar-refractivity contribution in [3.05, 3.63) is 45.9 Å². The summed E-state index contributed by atoms with van der Waals surface area (Å²) < 4.78 is 0. The molecule has 2 N–H and O–H groups in total. The molecule has 2 aromatic heterocycles. The normalized spacial score (nSPS) is 9.58. The molecule has 0 saturated carbocycles. The van der Waals surface area contributed by atoms with E-state index in [-0.39, 0.29) is 12.5 Å². The van der Waals surface area contributed by atoms with Crippen LogP contribution >= 0.6 is 11.3 Å². The van der Waals surface area contributed by atoms with Gasteiger partial charge >= 0.3 is 0 Å². The van der Waals surface area contributed by atoms with Crippen LogP contribution in [0.4, 0.5) is 5.69 Å². The third-order valence-corrected chi connectivity index (χ3v) is 3.13. The number of nitrogens with one attached hydrogen (secondary N) is 1. The van der Waals surface area contributed by atoms with Gasteiger partial charge in [-0.3, -0.25) is 9.78 Å². The predicted molar refractivity (Wildman–Crippen MR) is 75.2 cm³/mol. The number of amides is 1. The van der Waals surface area contributed by atoms with Gasteiger partial charge in [0.05, 0.1) is 22.3 Å². The van der Waals surface area contributed by atoms with Gasteiger partial charge in [0.25, 0.3) is 5.91 Å². The molecule has 0 aliphatic heterocycles. The number of carbonyl (C=O) groups is 1. The van der Waals surface area contributed by atoms with Crippen molar-refractivity contribution < 1.29 is 9.90 Å². The minimum Gasteiger partial charge on any atom is -0.384 e. The Balaban J connectivity index is 2.10. The zero-order chi connectivity index (χ0) is 13.7. The molecule has 0 bridgehead atoms. The Labute approximate surface area is 115 Å². The molecule has 0 aromatic carbocycles. The summed E-state index contributed by atoms with van der Waals surface area (Å²) in [5.74, 6) is 5.12. The second-order valence-corrected chi connectivity index (χ2v) is 4.78. The van der Waals surface area contributed by atoms with Crippen LogP contribution in [0.15, 0.2) is 29.9 Å². The number of thiophene rings is 1. The maximum absolute atomic E-state index is 12.0. The van der Waals surface area contributed by atoms with Crippen molar-refractivity contribution in [2.45, 2.75) is 6.92 Å². The second-order valence-electron chi connectivity index (χ2n) is 3.86. The lowest BCUT2D eigenvalue weighted by Crippen LogP contribution is -2.11. The molecule has 2 aromatic rings. The third kappa shape index (κ3) is 3.65. The summed E-state index contributed by atoms with van der Waals surface area (Å²) in [6.45, 7) is 1.73. The van der Waals surface area contributed by atoms with E-state index in [1.165, 1.54) is 11.3 Å². The maximum atomic E-state index is 12.0. The number of aryl methyl sites for hydroxylation is 1. The number of anilines is 1. The van der Waals surface area contributed by atoms with Gasteiger partial charge in [-0.25, -0.2) is 0 Å². The Morgan fingerprint density at radius 2 is 2.32 bits per heavy atom. The lowest BCUT2D eigenvalue weighted by Gasteiger charge is -2.03. The number of aromatic nitrogens is 1. The minimum absolute atomic E-state index is 0.186. The van der Waals surface area contributed by atoms with Crippen LogP contribution in [0.25, 0.3) is 0 Å². The first-order valence-corrected chi connectivity index (χ1v) is 6.48. The van der Waals surface area contributed by atoms with Gasteiger partial charge in [0.15, 0.2) is 0 Å². The summed E-state index contributed by atoms with van der Waals surface area (Å²) in [5.41, 5.74) is 2.20. The molecule has 19 heavy (non-hydrogen) atoms. The van der Waals surface area contributed by atoms with E-state index in [0.29, 0.717) is 11.3 Å². The van der Waals surface area contributed by atoms with Crippen LogP contribution in [0, 0.1) is 18.8 Å². The maximum Gasteiger partial charge on any atom is 0.256 e. The molecule has 2 rings (SSSR count). The highest BCUT2D eigenvalue weighted by Crippen LogP contribution is 2.16. The van der Waals surface area contributed by atoms with E-state index in [9.17, 15) is 4.79 Å². The van der Waals surface area contributed by atoms with Crippen molar-refractivity contribution in [2.75, 3.05) is 11.9 Å². The molecule has 96 valence electrons. The van der Waals surface area contributed by atoms with Gasteiger partial charge in [-0.1, -0.05) is 11.8 Å². The fourth-order valence-electron chi connectivity index (χ4n) is 1.47. The average molecular weight is 272 g/mol. The van der Waals surface area contributed by atoms with Crippen molar-refractivity contribution >= 4 is 22.9 Å². The highest BCUT2D eigenvalue weighted by Gasteiger charge is 2.08. The van der Waals surface area contributed by atoms with Gasteiger partial charge in [0, 0.05) is 11.6 Å². The number of rotatable bonds is 2. The Hall–Kier alpha value is -2.16. The van der Waals surface area contributed by atoms with Gasteiger partial charge in [-0.05, 0) is 24.6 Å². The molecular formula is C14H12N2O2S. The lowest BCUT2D eigenvalue weighted by atomic mass is 10.2. The van der Waals surface area contributed by atoms with E-state index in [0.717, 1.165) is 10.4 Å². The van der Waals surface area contributed by atoms with Crippen LogP contribution in [-0.2, 0) is 0 Å². The molecule has 0 saturated heterocycles. The molecule has 1 amide bonds. The van der Waals surface area contributed by atoms with Gasteiger partial charge in [-0.15, -0.1) is 11.3 Å². The van der Waals surface area contributed by atoms with E-state index in [2.05, 4.69) is 22.1 Å². The Bertz CT molecular complexity index is 653. The Morgan fingerprint density at radius 3 is 3.05 bits per heavy atom. The summed E-state index contributed by atoms with van der Waals surface area (Å²) in [7, 11) is 0. The highest BCUT2D eigenvalue weighted by atomic mass is 32.1. The number of hydrogen-bond acceptors (Lipinski definition) is 4. The smallest absolute Gasteiger partial charge is 0.256 e. The van der Waals surface area contributed by atoms with Crippen LogP contribution in [0.1, 0.15) is 20.8 Å². The molecule has 2 heterocycles. The third-order valence-electron chi connectivity index (χ3n) is 2.29. The summed E-state index contributed by atoms with van der Waals surface area (Å²) in [6.07, 6.45) is 3.33. The molecule has 0 aliphatic rings. The van der Waals surface area contributed by atoms with Crippen molar-refractivity contribution in [3.63, 3.8) is 0 Å². The summed E-state index contributed by atoms with van der Waals surface area (Å²) in [5, 5.41) is 13.1. The van der Waals surface area contributed by atoms with Gasteiger partial charge in [-0.2, -0.15) is 0 Å². The fraction of sp³-hybridized carbons (Fsp3) is 0.143. The molecule has 5 heteroatoms. The summed E-state index contributed by atoms with van der Waals surface area (Å²) in [4.78, 5) is 16.7. The van der Waals surface area contributed by atoms with Crippen LogP contribution in [0.3, 0.4) is 0 Å². The molecular weight excluding hydrogens is 260 g/mol. The van der Waals surface area contributed by atoms with Gasteiger partial charge < -0.3 is 10.4 Å². The number of carbonyl (C=O) groups excluding carboxylic acids is 1. The zero-order valence-electron chi connectivity index (χ0n) is 10.3. The summed E-state index contributed by atoms with van der Waals surface area (Å²) in [6, 6.07) is 3.55. The summed E-state index contributed by atoms with van der Waals surface area (Å²) >= 11 is 1.37. The Morgan fingerprint density at radius 1 is 1.47 bits per heavy atom. The average Bonchev–Trinajstić information content (AvgIpc) is 2.85. The molecule has 0 aliphatic carbocycles. The first kappa shape index (κ1) is 13.3. The zero-order valence-corrected chi connectivity index (χ0v) is 11.1. The first-order chi connectivity index (χ1) is 9.19. The van der Waals surface area contributed by atoms with E-state index in [1.807, 2.05) is 13.0 Å². The quantitative estimate of drug-likeness (QED) is 0.822.